The number of amides is 1. The van der Waals surface area contributed by atoms with Gasteiger partial charge in [0.1, 0.15) is 5.82 Å². The number of unbranched alkanes of at least 4 members (excludes halogenated alkanes) is 1. The minimum absolute atomic E-state index is 0.101. The van der Waals surface area contributed by atoms with Crippen molar-refractivity contribution in [3.05, 3.63) is 70.0 Å². The second-order valence-corrected chi connectivity index (χ2v) is 9.40. The van der Waals surface area contributed by atoms with E-state index in [0.29, 0.717) is 22.9 Å². The molecule has 2 aromatic carbocycles. The first-order valence-corrected chi connectivity index (χ1v) is 12.0. The standard InChI is InChI=1S/C23H26Cl2N4OS/c1-16(2)26-22(30)10-6-7-13-31-23-28-27-21(14-17-8-4-3-5-9-17)29(23)18-11-12-19(24)20(25)15-18/h3-5,8-9,11-12,15-16H,6-7,10,13-14H2,1-2H3,(H,26,30). The molecule has 0 bridgehead atoms. The van der Waals surface area contributed by atoms with E-state index >= 15 is 0 Å². The lowest BCUT2D eigenvalue weighted by Gasteiger charge is -2.11. The molecule has 0 saturated heterocycles. The second-order valence-electron chi connectivity index (χ2n) is 7.52. The summed E-state index contributed by atoms with van der Waals surface area (Å²) in [5, 5.41) is 13.6. The maximum atomic E-state index is 11.8. The Labute approximate surface area is 197 Å². The molecule has 3 aromatic rings. The summed E-state index contributed by atoms with van der Waals surface area (Å²) >= 11 is 14.0. The Morgan fingerprint density at radius 2 is 1.84 bits per heavy atom. The van der Waals surface area contributed by atoms with E-state index in [0.717, 1.165) is 40.8 Å². The minimum atomic E-state index is 0.101. The molecule has 164 valence electrons. The maximum absolute atomic E-state index is 11.8. The Morgan fingerprint density at radius 3 is 2.55 bits per heavy atom. The molecular weight excluding hydrogens is 451 g/mol. The quantitative estimate of drug-likeness (QED) is 0.290. The van der Waals surface area contributed by atoms with Gasteiger partial charge in [-0.1, -0.05) is 65.3 Å². The van der Waals surface area contributed by atoms with Gasteiger partial charge in [-0.2, -0.15) is 0 Å². The number of benzene rings is 2. The Balaban J connectivity index is 1.72. The number of carbonyl (C=O) groups is 1. The van der Waals surface area contributed by atoms with E-state index < -0.39 is 0 Å². The van der Waals surface area contributed by atoms with Gasteiger partial charge in [-0.25, -0.2) is 0 Å². The molecule has 0 aliphatic rings. The molecule has 1 heterocycles. The highest BCUT2D eigenvalue weighted by molar-refractivity contribution is 7.99. The maximum Gasteiger partial charge on any atom is 0.220 e. The third-order valence-corrected chi connectivity index (χ3v) is 6.30. The van der Waals surface area contributed by atoms with Crippen LogP contribution in [0.2, 0.25) is 10.0 Å². The van der Waals surface area contributed by atoms with E-state index in [-0.39, 0.29) is 11.9 Å². The summed E-state index contributed by atoms with van der Waals surface area (Å²) in [6, 6.07) is 15.9. The molecule has 3 rings (SSSR count). The van der Waals surface area contributed by atoms with Crippen LogP contribution in [0.25, 0.3) is 5.69 Å². The van der Waals surface area contributed by atoms with Crippen LogP contribution in [-0.2, 0) is 11.2 Å². The predicted molar refractivity (Wildman–Crippen MR) is 128 cm³/mol. The van der Waals surface area contributed by atoms with Crippen LogP contribution >= 0.6 is 35.0 Å². The van der Waals surface area contributed by atoms with Crippen LogP contribution in [0.5, 0.6) is 0 Å². The van der Waals surface area contributed by atoms with Crippen molar-refractivity contribution in [2.24, 2.45) is 0 Å². The van der Waals surface area contributed by atoms with E-state index in [4.69, 9.17) is 23.2 Å². The minimum Gasteiger partial charge on any atom is -0.354 e. The molecule has 0 fully saturated rings. The zero-order valence-electron chi connectivity index (χ0n) is 17.6. The van der Waals surface area contributed by atoms with Gasteiger partial charge in [-0.3, -0.25) is 9.36 Å². The highest BCUT2D eigenvalue weighted by atomic mass is 35.5. The number of nitrogens with zero attached hydrogens (tertiary/aromatic N) is 3. The zero-order chi connectivity index (χ0) is 22.2. The summed E-state index contributed by atoms with van der Waals surface area (Å²) in [5.74, 6) is 1.78. The fraction of sp³-hybridized carbons (Fsp3) is 0.348. The van der Waals surface area contributed by atoms with E-state index in [1.165, 1.54) is 0 Å². The Morgan fingerprint density at radius 1 is 1.06 bits per heavy atom. The molecule has 1 aromatic heterocycles. The summed E-state index contributed by atoms with van der Waals surface area (Å²) in [7, 11) is 0. The molecule has 0 spiro atoms. The molecule has 5 nitrogen and oxygen atoms in total. The van der Waals surface area contributed by atoms with Crippen molar-refractivity contribution in [3.63, 3.8) is 0 Å². The molecular formula is C23H26Cl2N4OS. The number of rotatable bonds is 10. The lowest BCUT2D eigenvalue weighted by Crippen LogP contribution is -2.29. The van der Waals surface area contributed by atoms with Gasteiger partial charge in [0.25, 0.3) is 0 Å². The second kappa shape index (κ2) is 11.6. The lowest BCUT2D eigenvalue weighted by atomic mass is 10.1. The third-order valence-electron chi connectivity index (χ3n) is 4.55. The van der Waals surface area contributed by atoms with E-state index in [2.05, 4.69) is 27.6 Å². The molecule has 1 amide bonds. The fourth-order valence-electron chi connectivity index (χ4n) is 3.12. The summed E-state index contributed by atoms with van der Waals surface area (Å²) < 4.78 is 2.03. The monoisotopic (exact) mass is 476 g/mol. The van der Waals surface area contributed by atoms with Gasteiger partial charge in [0, 0.05) is 24.6 Å². The largest absolute Gasteiger partial charge is 0.354 e. The van der Waals surface area contributed by atoms with Crippen molar-refractivity contribution >= 4 is 40.9 Å². The molecule has 0 atom stereocenters. The highest BCUT2D eigenvalue weighted by Crippen LogP contribution is 2.29. The Kier molecular flexibility index (Phi) is 8.81. The molecule has 0 aliphatic carbocycles. The fourth-order valence-corrected chi connectivity index (χ4v) is 4.38. The predicted octanol–water partition coefficient (Wildman–Crippen LogP) is 5.95. The first-order valence-electron chi connectivity index (χ1n) is 10.3. The topological polar surface area (TPSA) is 59.8 Å². The molecule has 0 aliphatic heterocycles. The smallest absolute Gasteiger partial charge is 0.220 e. The highest BCUT2D eigenvalue weighted by Gasteiger charge is 2.16. The van der Waals surface area contributed by atoms with E-state index in [1.807, 2.05) is 48.7 Å². The zero-order valence-corrected chi connectivity index (χ0v) is 20.0. The Hall–Kier alpha value is -2.02. The van der Waals surface area contributed by atoms with Gasteiger partial charge < -0.3 is 5.32 Å². The van der Waals surface area contributed by atoms with Crippen LogP contribution < -0.4 is 5.32 Å². The van der Waals surface area contributed by atoms with E-state index in [9.17, 15) is 4.79 Å². The summed E-state index contributed by atoms with van der Waals surface area (Å²) in [5.41, 5.74) is 2.04. The van der Waals surface area contributed by atoms with Crippen molar-refractivity contribution in [2.45, 2.75) is 50.7 Å². The third kappa shape index (κ3) is 6.99. The van der Waals surface area contributed by atoms with Crippen molar-refractivity contribution in [2.75, 3.05) is 5.75 Å². The van der Waals surface area contributed by atoms with Gasteiger partial charge >= 0.3 is 0 Å². The number of thioether (sulfide) groups is 1. The van der Waals surface area contributed by atoms with Crippen LogP contribution in [0.4, 0.5) is 0 Å². The normalized spacial score (nSPS) is 11.1. The van der Waals surface area contributed by atoms with Crippen molar-refractivity contribution in [1.29, 1.82) is 0 Å². The van der Waals surface area contributed by atoms with Gasteiger partial charge in [0.15, 0.2) is 5.16 Å². The average Bonchev–Trinajstić information content (AvgIpc) is 3.12. The number of hydrogen-bond acceptors (Lipinski definition) is 4. The first-order chi connectivity index (χ1) is 14.9. The molecule has 0 radical (unpaired) electrons. The average molecular weight is 477 g/mol. The van der Waals surface area contributed by atoms with Gasteiger partial charge in [-0.15, -0.1) is 10.2 Å². The number of nitrogens with one attached hydrogen (secondary N) is 1. The molecule has 0 saturated carbocycles. The van der Waals surface area contributed by atoms with Crippen molar-refractivity contribution in [3.8, 4) is 5.69 Å². The van der Waals surface area contributed by atoms with Crippen molar-refractivity contribution in [1.82, 2.24) is 20.1 Å². The first kappa shape index (κ1) is 23.6. The molecule has 0 unspecified atom stereocenters. The number of hydrogen-bond donors (Lipinski definition) is 1. The summed E-state index contributed by atoms with van der Waals surface area (Å²) in [6.45, 7) is 3.94. The number of carbonyl (C=O) groups excluding carboxylic acids is 1. The van der Waals surface area contributed by atoms with Crippen LogP contribution in [0, 0.1) is 0 Å². The van der Waals surface area contributed by atoms with Crippen LogP contribution in [0.15, 0.2) is 53.7 Å². The van der Waals surface area contributed by atoms with Gasteiger partial charge in [-0.05, 0) is 50.5 Å². The lowest BCUT2D eigenvalue weighted by molar-refractivity contribution is -0.121. The van der Waals surface area contributed by atoms with Crippen molar-refractivity contribution < 1.29 is 4.79 Å². The van der Waals surface area contributed by atoms with Gasteiger partial charge in [0.2, 0.25) is 5.91 Å². The number of aromatic nitrogens is 3. The molecule has 8 heteroatoms. The number of halogens is 2. The van der Waals surface area contributed by atoms with E-state index in [1.54, 1.807) is 17.8 Å². The summed E-state index contributed by atoms with van der Waals surface area (Å²) in [6.07, 6.45) is 2.95. The SMILES string of the molecule is CC(C)NC(=O)CCCCSc1nnc(Cc2ccccc2)n1-c1ccc(Cl)c(Cl)c1. The van der Waals surface area contributed by atoms with Crippen LogP contribution in [0.1, 0.15) is 44.5 Å². The summed E-state index contributed by atoms with van der Waals surface area (Å²) in [4.78, 5) is 11.8. The van der Waals surface area contributed by atoms with Crippen LogP contribution in [0.3, 0.4) is 0 Å². The Bertz CT molecular complexity index is 1010. The molecule has 31 heavy (non-hydrogen) atoms. The molecule has 1 N–H and O–H groups in total. The van der Waals surface area contributed by atoms with Crippen LogP contribution in [-0.4, -0.2) is 32.5 Å². The van der Waals surface area contributed by atoms with Gasteiger partial charge in [0.05, 0.1) is 15.7 Å².